The standard InChI is InChI=1S/C14H22O/c15-14(8-3-1-2-4-8)13-11-9-5-6-10(7-9)12(11)13/h8-15H,1-7H2. The predicted octanol–water partition coefficient (Wildman–Crippen LogP) is 2.83. The van der Waals surface area contributed by atoms with E-state index in [1.807, 2.05) is 0 Å². The molecule has 4 saturated carbocycles. The summed E-state index contributed by atoms with van der Waals surface area (Å²) in [5, 5.41) is 10.5. The number of aliphatic hydroxyl groups excluding tert-OH is 1. The van der Waals surface area contributed by atoms with Gasteiger partial charge in [-0.15, -0.1) is 0 Å². The summed E-state index contributed by atoms with van der Waals surface area (Å²) in [5.41, 5.74) is 0. The third-order valence-corrected chi connectivity index (χ3v) is 6.07. The molecule has 0 aromatic rings. The maximum absolute atomic E-state index is 10.5. The van der Waals surface area contributed by atoms with Crippen molar-refractivity contribution in [3.8, 4) is 0 Å². The molecule has 1 N–H and O–H groups in total. The zero-order valence-electron chi connectivity index (χ0n) is 9.44. The van der Waals surface area contributed by atoms with Crippen molar-refractivity contribution in [2.75, 3.05) is 0 Å². The summed E-state index contributed by atoms with van der Waals surface area (Å²) in [5.74, 6) is 5.43. The van der Waals surface area contributed by atoms with Gasteiger partial charge in [-0.3, -0.25) is 0 Å². The van der Waals surface area contributed by atoms with E-state index in [-0.39, 0.29) is 6.10 Å². The Morgan fingerprint density at radius 2 is 1.47 bits per heavy atom. The summed E-state index contributed by atoms with van der Waals surface area (Å²) < 4.78 is 0. The van der Waals surface area contributed by atoms with Gasteiger partial charge in [0.15, 0.2) is 0 Å². The smallest absolute Gasteiger partial charge is 0.0602 e. The van der Waals surface area contributed by atoms with Gasteiger partial charge in [0.25, 0.3) is 0 Å². The average molecular weight is 206 g/mol. The summed E-state index contributed by atoms with van der Waals surface area (Å²) in [4.78, 5) is 0. The van der Waals surface area contributed by atoms with Crippen molar-refractivity contribution < 1.29 is 5.11 Å². The van der Waals surface area contributed by atoms with Crippen LogP contribution in [-0.4, -0.2) is 11.2 Å². The maximum atomic E-state index is 10.5. The van der Waals surface area contributed by atoms with Crippen molar-refractivity contribution in [2.24, 2.45) is 35.5 Å². The predicted molar refractivity (Wildman–Crippen MR) is 59.3 cm³/mol. The zero-order valence-corrected chi connectivity index (χ0v) is 9.44. The topological polar surface area (TPSA) is 20.2 Å². The Labute approximate surface area is 92.3 Å². The Bertz CT molecular complexity index is 253. The number of hydrogen-bond acceptors (Lipinski definition) is 1. The van der Waals surface area contributed by atoms with Crippen LogP contribution in [0.1, 0.15) is 44.9 Å². The lowest BCUT2D eigenvalue weighted by atomic mass is 9.90. The van der Waals surface area contributed by atoms with Crippen molar-refractivity contribution in [3.63, 3.8) is 0 Å². The molecule has 0 amide bonds. The van der Waals surface area contributed by atoms with Crippen molar-refractivity contribution in [2.45, 2.75) is 51.0 Å². The van der Waals surface area contributed by atoms with E-state index in [9.17, 15) is 5.11 Å². The van der Waals surface area contributed by atoms with Gasteiger partial charge in [0.1, 0.15) is 0 Å². The fourth-order valence-electron chi connectivity index (χ4n) is 5.46. The lowest BCUT2D eigenvalue weighted by molar-refractivity contribution is 0.0716. The van der Waals surface area contributed by atoms with Gasteiger partial charge in [0.05, 0.1) is 6.10 Å². The molecular weight excluding hydrogens is 184 g/mol. The van der Waals surface area contributed by atoms with Gasteiger partial charge in [-0.05, 0) is 67.6 Å². The minimum atomic E-state index is 0.0888. The number of hydrogen-bond donors (Lipinski definition) is 1. The second kappa shape index (κ2) is 3.00. The highest BCUT2D eigenvalue weighted by Crippen LogP contribution is 2.71. The highest BCUT2D eigenvalue weighted by atomic mass is 16.3. The minimum absolute atomic E-state index is 0.0888. The molecule has 4 fully saturated rings. The van der Waals surface area contributed by atoms with Gasteiger partial charge in [-0.2, -0.15) is 0 Å². The van der Waals surface area contributed by atoms with Crippen LogP contribution in [0.5, 0.6) is 0 Å². The van der Waals surface area contributed by atoms with Crippen LogP contribution >= 0.6 is 0 Å². The van der Waals surface area contributed by atoms with Gasteiger partial charge < -0.3 is 5.11 Å². The van der Waals surface area contributed by atoms with Gasteiger partial charge in [0, 0.05) is 0 Å². The molecule has 0 saturated heterocycles. The first-order valence-electron chi connectivity index (χ1n) is 7.04. The van der Waals surface area contributed by atoms with E-state index in [1.165, 1.54) is 44.9 Å². The van der Waals surface area contributed by atoms with E-state index in [0.717, 1.165) is 29.6 Å². The van der Waals surface area contributed by atoms with E-state index < -0.39 is 0 Å². The molecule has 1 nitrogen and oxygen atoms in total. The number of fused-ring (bicyclic) bond motifs is 5. The van der Waals surface area contributed by atoms with Crippen LogP contribution in [0.25, 0.3) is 0 Å². The van der Waals surface area contributed by atoms with Crippen LogP contribution in [0.15, 0.2) is 0 Å². The summed E-state index contributed by atoms with van der Waals surface area (Å²) in [6, 6.07) is 0. The fourth-order valence-corrected chi connectivity index (χ4v) is 5.46. The Morgan fingerprint density at radius 3 is 2.07 bits per heavy atom. The van der Waals surface area contributed by atoms with E-state index in [4.69, 9.17) is 0 Å². The lowest BCUT2D eigenvalue weighted by Crippen LogP contribution is -2.23. The molecule has 4 aliphatic carbocycles. The largest absolute Gasteiger partial charge is 0.393 e. The lowest BCUT2D eigenvalue weighted by Gasteiger charge is -2.20. The molecule has 0 radical (unpaired) electrons. The summed E-state index contributed by atoms with van der Waals surface area (Å²) in [7, 11) is 0. The molecule has 5 unspecified atom stereocenters. The van der Waals surface area contributed by atoms with Gasteiger partial charge in [-0.25, -0.2) is 0 Å². The van der Waals surface area contributed by atoms with E-state index >= 15 is 0 Å². The second-order valence-electron chi connectivity index (χ2n) is 6.60. The zero-order chi connectivity index (χ0) is 9.99. The Balaban J connectivity index is 1.48. The molecule has 84 valence electrons. The van der Waals surface area contributed by atoms with Crippen LogP contribution in [0.3, 0.4) is 0 Å². The van der Waals surface area contributed by atoms with Gasteiger partial charge in [0.2, 0.25) is 0 Å². The molecular formula is C14H22O. The quantitative estimate of drug-likeness (QED) is 0.736. The minimum Gasteiger partial charge on any atom is -0.393 e. The third-order valence-electron chi connectivity index (χ3n) is 6.07. The molecule has 4 rings (SSSR count). The SMILES string of the molecule is OC(C1CCCC1)C1C2C3CCC(C3)C21. The number of rotatable bonds is 2. The van der Waals surface area contributed by atoms with Crippen LogP contribution < -0.4 is 0 Å². The first kappa shape index (κ1) is 9.04. The Morgan fingerprint density at radius 1 is 0.867 bits per heavy atom. The van der Waals surface area contributed by atoms with E-state index in [1.54, 1.807) is 0 Å². The van der Waals surface area contributed by atoms with Crippen molar-refractivity contribution in [3.05, 3.63) is 0 Å². The van der Waals surface area contributed by atoms with Crippen LogP contribution in [0.2, 0.25) is 0 Å². The molecule has 0 aliphatic heterocycles. The maximum Gasteiger partial charge on any atom is 0.0602 e. The molecule has 15 heavy (non-hydrogen) atoms. The second-order valence-corrected chi connectivity index (χ2v) is 6.60. The average Bonchev–Trinajstić information content (AvgIpc) is 2.70. The molecule has 0 aromatic heterocycles. The van der Waals surface area contributed by atoms with Crippen LogP contribution in [-0.2, 0) is 0 Å². The molecule has 2 bridgehead atoms. The Kier molecular flexibility index (Phi) is 1.81. The summed E-state index contributed by atoms with van der Waals surface area (Å²) in [6.45, 7) is 0. The van der Waals surface area contributed by atoms with Crippen molar-refractivity contribution in [1.82, 2.24) is 0 Å². The van der Waals surface area contributed by atoms with Crippen LogP contribution in [0.4, 0.5) is 0 Å². The summed E-state index contributed by atoms with van der Waals surface area (Å²) in [6.07, 6.45) is 9.94. The van der Waals surface area contributed by atoms with E-state index in [0.29, 0.717) is 5.92 Å². The molecule has 0 spiro atoms. The molecule has 1 heteroatoms. The molecule has 4 aliphatic rings. The van der Waals surface area contributed by atoms with Crippen LogP contribution in [0, 0.1) is 35.5 Å². The molecule has 0 aromatic carbocycles. The number of aliphatic hydroxyl groups is 1. The normalized spacial score (nSPS) is 54.6. The fraction of sp³-hybridized carbons (Fsp3) is 1.00. The van der Waals surface area contributed by atoms with Gasteiger partial charge in [-0.1, -0.05) is 12.8 Å². The molecule has 0 heterocycles. The summed E-state index contributed by atoms with van der Waals surface area (Å²) >= 11 is 0. The van der Waals surface area contributed by atoms with Gasteiger partial charge >= 0.3 is 0 Å². The third kappa shape index (κ3) is 1.13. The highest BCUT2D eigenvalue weighted by molar-refractivity contribution is 5.15. The highest BCUT2D eigenvalue weighted by Gasteiger charge is 2.67. The first-order valence-corrected chi connectivity index (χ1v) is 7.04. The monoisotopic (exact) mass is 206 g/mol. The van der Waals surface area contributed by atoms with Crippen molar-refractivity contribution in [1.29, 1.82) is 0 Å². The first-order chi connectivity index (χ1) is 7.36. The molecule has 5 atom stereocenters. The van der Waals surface area contributed by atoms with Crippen molar-refractivity contribution >= 4 is 0 Å². The Hall–Kier alpha value is -0.0400. The van der Waals surface area contributed by atoms with E-state index in [2.05, 4.69) is 0 Å².